The van der Waals surface area contributed by atoms with Crippen molar-refractivity contribution in [3.63, 3.8) is 0 Å². The van der Waals surface area contributed by atoms with Gasteiger partial charge in [-0.15, -0.1) is 0 Å². The average Bonchev–Trinajstić information content (AvgIpc) is 2.48. The number of aliphatic hydroxyl groups excluding tert-OH is 1. The standard InChI is InChI=1S/C15H24N2O3/c1-11(16)15(12-3-5-14(19-2)6-4-12)17-7-8-20-10-13(17)9-18/h3-6,11,13,15,18H,7-10,16H2,1-2H3. The minimum Gasteiger partial charge on any atom is -0.497 e. The Kier molecular flexibility index (Phi) is 5.37. The summed E-state index contributed by atoms with van der Waals surface area (Å²) in [6.45, 7) is 4.09. The third kappa shape index (κ3) is 3.30. The van der Waals surface area contributed by atoms with Gasteiger partial charge >= 0.3 is 0 Å². The van der Waals surface area contributed by atoms with E-state index < -0.39 is 0 Å². The van der Waals surface area contributed by atoms with E-state index in [1.807, 2.05) is 31.2 Å². The average molecular weight is 280 g/mol. The van der Waals surface area contributed by atoms with Crippen LogP contribution in [0.25, 0.3) is 0 Å². The van der Waals surface area contributed by atoms with Gasteiger partial charge < -0.3 is 20.3 Å². The maximum absolute atomic E-state index is 9.54. The molecule has 1 aromatic rings. The van der Waals surface area contributed by atoms with E-state index in [0.29, 0.717) is 13.2 Å². The van der Waals surface area contributed by atoms with Gasteiger partial charge in [0.05, 0.1) is 39.0 Å². The van der Waals surface area contributed by atoms with Crippen LogP contribution in [0.3, 0.4) is 0 Å². The van der Waals surface area contributed by atoms with Gasteiger partial charge in [0, 0.05) is 12.6 Å². The Morgan fingerprint density at radius 3 is 2.70 bits per heavy atom. The summed E-state index contributed by atoms with van der Waals surface area (Å²) < 4.78 is 10.6. The molecule has 1 fully saturated rings. The van der Waals surface area contributed by atoms with E-state index in [0.717, 1.165) is 17.9 Å². The molecule has 5 nitrogen and oxygen atoms in total. The number of benzene rings is 1. The maximum Gasteiger partial charge on any atom is 0.118 e. The Morgan fingerprint density at radius 1 is 1.45 bits per heavy atom. The number of aliphatic hydroxyl groups is 1. The molecule has 5 heteroatoms. The molecule has 1 aliphatic heterocycles. The molecule has 3 N–H and O–H groups in total. The lowest BCUT2D eigenvalue weighted by Gasteiger charge is -2.42. The molecule has 0 saturated carbocycles. The van der Waals surface area contributed by atoms with Gasteiger partial charge in [0.15, 0.2) is 0 Å². The summed E-state index contributed by atoms with van der Waals surface area (Å²) in [4.78, 5) is 2.25. The molecule has 3 unspecified atom stereocenters. The van der Waals surface area contributed by atoms with Gasteiger partial charge in [0.25, 0.3) is 0 Å². The molecule has 1 heterocycles. The fraction of sp³-hybridized carbons (Fsp3) is 0.600. The predicted molar refractivity (Wildman–Crippen MR) is 77.8 cm³/mol. The molecular weight excluding hydrogens is 256 g/mol. The van der Waals surface area contributed by atoms with Crippen LogP contribution >= 0.6 is 0 Å². The van der Waals surface area contributed by atoms with Crippen molar-refractivity contribution >= 4 is 0 Å². The number of methoxy groups -OCH3 is 1. The highest BCUT2D eigenvalue weighted by molar-refractivity contribution is 5.30. The molecule has 0 bridgehead atoms. The van der Waals surface area contributed by atoms with Crippen molar-refractivity contribution in [2.45, 2.75) is 25.0 Å². The van der Waals surface area contributed by atoms with Crippen LogP contribution in [0, 0.1) is 0 Å². The first-order chi connectivity index (χ1) is 9.67. The summed E-state index contributed by atoms with van der Waals surface area (Å²) in [6.07, 6.45) is 0. The van der Waals surface area contributed by atoms with Crippen molar-refractivity contribution in [2.75, 3.05) is 33.5 Å². The van der Waals surface area contributed by atoms with Crippen LogP contribution < -0.4 is 10.5 Å². The molecule has 112 valence electrons. The lowest BCUT2D eigenvalue weighted by Crippen LogP contribution is -2.52. The normalized spacial score (nSPS) is 23.3. The SMILES string of the molecule is COc1ccc(C(C(C)N)N2CCOCC2CO)cc1. The summed E-state index contributed by atoms with van der Waals surface area (Å²) in [5.41, 5.74) is 7.33. The Morgan fingerprint density at radius 2 is 2.15 bits per heavy atom. The van der Waals surface area contributed by atoms with Gasteiger partial charge in [-0.1, -0.05) is 12.1 Å². The van der Waals surface area contributed by atoms with Crippen LogP contribution in [-0.4, -0.2) is 55.6 Å². The van der Waals surface area contributed by atoms with Gasteiger partial charge in [-0.3, -0.25) is 4.90 Å². The van der Waals surface area contributed by atoms with Crippen molar-refractivity contribution in [1.29, 1.82) is 0 Å². The topological polar surface area (TPSA) is 68.0 Å². The second kappa shape index (κ2) is 7.04. The van der Waals surface area contributed by atoms with Crippen LogP contribution in [0.4, 0.5) is 0 Å². The third-order valence-electron chi connectivity index (χ3n) is 3.80. The Balaban J connectivity index is 2.24. The number of nitrogens with two attached hydrogens (primary N) is 1. The number of ether oxygens (including phenoxy) is 2. The second-order valence-electron chi connectivity index (χ2n) is 5.23. The van der Waals surface area contributed by atoms with Gasteiger partial charge in [0.1, 0.15) is 5.75 Å². The summed E-state index contributed by atoms with van der Waals surface area (Å²) >= 11 is 0. The first-order valence-electron chi connectivity index (χ1n) is 7.01. The van der Waals surface area contributed by atoms with Gasteiger partial charge in [-0.25, -0.2) is 0 Å². The van der Waals surface area contributed by atoms with E-state index in [4.69, 9.17) is 15.2 Å². The fourth-order valence-corrected chi connectivity index (χ4v) is 2.79. The van der Waals surface area contributed by atoms with Crippen molar-refractivity contribution in [3.05, 3.63) is 29.8 Å². The number of morpholine rings is 1. The van der Waals surface area contributed by atoms with Crippen LogP contribution in [0.15, 0.2) is 24.3 Å². The van der Waals surface area contributed by atoms with Gasteiger partial charge in [0.2, 0.25) is 0 Å². The maximum atomic E-state index is 9.54. The quantitative estimate of drug-likeness (QED) is 0.834. The highest BCUT2D eigenvalue weighted by atomic mass is 16.5. The Bertz CT molecular complexity index is 408. The molecular formula is C15H24N2O3. The molecule has 0 amide bonds. The van der Waals surface area contributed by atoms with Gasteiger partial charge in [-0.2, -0.15) is 0 Å². The summed E-state index contributed by atoms with van der Waals surface area (Å²) in [5.74, 6) is 0.831. The van der Waals surface area contributed by atoms with E-state index in [-0.39, 0.29) is 24.7 Å². The number of rotatable bonds is 5. The molecule has 1 saturated heterocycles. The second-order valence-corrected chi connectivity index (χ2v) is 5.23. The molecule has 0 aliphatic carbocycles. The van der Waals surface area contributed by atoms with E-state index in [1.54, 1.807) is 7.11 Å². The zero-order valence-corrected chi connectivity index (χ0v) is 12.2. The highest BCUT2D eigenvalue weighted by Crippen LogP contribution is 2.28. The van der Waals surface area contributed by atoms with Gasteiger partial charge in [-0.05, 0) is 24.6 Å². The molecule has 0 spiro atoms. The number of nitrogens with zero attached hydrogens (tertiary/aromatic N) is 1. The summed E-state index contributed by atoms with van der Waals surface area (Å²) in [5, 5.41) is 9.54. The summed E-state index contributed by atoms with van der Waals surface area (Å²) in [7, 11) is 1.65. The highest BCUT2D eigenvalue weighted by Gasteiger charge is 2.32. The number of hydrogen-bond acceptors (Lipinski definition) is 5. The van der Waals surface area contributed by atoms with Crippen LogP contribution in [-0.2, 0) is 4.74 Å². The lowest BCUT2D eigenvalue weighted by atomic mass is 9.97. The van der Waals surface area contributed by atoms with E-state index in [1.165, 1.54) is 0 Å². The Hall–Kier alpha value is -1.14. The van der Waals surface area contributed by atoms with Crippen LogP contribution in [0.2, 0.25) is 0 Å². The summed E-state index contributed by atoms with van der Waals surface area (Å²) in [6, 6.07) is 8.01. The zero-order valence-electron chi connectivity index (χ0n) is 12.2. The first-order valence-corrected chi connectivity index (χ1v) is 7.01. The van der Waals surface area contributed by atoms with Crippen molar-refractivity contribution in [3.8, 4) is 5.75 Å². The van der Waals surface area contributed by atoms with Crippen LogP contribution in [0.5, 0.6) is 5.75 Å². The zero-order chi connectivity index (χ0) is 14.5. The lowest BCUT2D eigenvalue weighted by molar-refractivity contribution is -0.0516. The molecule has 1 aromatic carbocycles. The molecule has 0 aromatic heterocycles. The van der Waals surface area contributed by atoms with Crippen molar-refractivity contribution < 1.29 is 14.6 Å². The minimum atomic E-state index is -0.0319. The fourth-order valence-electron chi connectivity index (χ4n) is 2.79. The minimum absolute atomic E-state index is 0.00171. The van der Waals surface area contributed by atoms with Crippen LogP contribution in [0.1, 0.15) is 18.5 Å². The van der Waals surface area contributed by atoms with Crippen molar-refractivity contribution in [1.82, 2.24) is 4.90 Å². The molecule has 20 heavy (non-hydrogen) atoms. The molecule has 2 rings (SSSR count). The van der Waals surface area contributed by atoms with E-state index in [9.17, 15) is 5.11 Å². The monoisotopic (exact) mass is 280 g/mol. The molecule has 3 atom stereocenters. The first kappa shape index (κ1) is 15.3. The number of hydrogen-bond donors (Lipinski definition) is 2. The predicted octanol–water partition coefficient (Wildman–Crippen LogP) is 0.777. The third-order valence-corrected chi connectivity index (χ3v) is 3.80. The smallest absolute Gasteiger partial charge is 0.118 e. The van der Waals surface area contributed by atoms with Crippen molar-refractivity contribution in [2.24, 2.45) is 5.73 Å². The largest absolute Gasteiger partial charge is 0.497 e. The van der Waals surface area contributed by atoms with E-state index in [2.05, 4.69) is 4.90 Å². The van der Waals surface area contributed by atoms with E-state index >= 15 is 0 Å². The molecule has 0 radical (unpaired) electrons. The molecule has 1 aliphatic rings. The Labute approximate surface area is 120 Å².